The molecular formula is C17H13IO4. The Morgan fingerprint density at radius 3 is 2.59 bits per heavy atom. The normalized spacial score (nSPS) is 15.8. The summed E-state index contributed by atoms with van der Waals surface area (Å²) in [5.41, 5.74) is 1.30. The maximum atomic E-state index is 11.9. The predicted octanol–water partition coefficient (Wildman–Crippen LogP) is 4.26. The zero-order valence-electron chi connectivity index (χ0n) is 11.8. The molecule has 0 bridgehead atoms. The smallest absolute Gasteiger partial charge is 0.343 e. The van der Waals surface area contributed by atoms with E-state index < -0.39 is 0 Å². The van der Waals surface area contributed by atoms with Gasteiger partial charge in [-0.15, -0.1) is 0 Å². The van der Waals surface area contributed by atoms with E-state index in [0.29, 0.717) is 23.7 Å². The molecule has 2 aromatic rings. The Balaban J connectivity index is 1.84. The van der Waals surface area contributed by atoms with Crippen LogP contribution in [0.3, 0.4) is 0 Å². The van der Waals surface area contributed by atoms with Crippen LogP contribution in [0.15, 0.2) is 52.5 Å². The number of hydrogen-bond donors (Lipinski definition) is 0. The van der Waals surface area contributed by atoms with Crippen molar-refractivity contribution in [1.82, 2.24) is 0 Å². The summed E-state index contributed by atoms with van der Waals surface area (Å²) in [6.45, 7) is 2.55. The number of halogens is 1. The first-order chi connectivity index (χ1) is 10.7. The maximum Gasteiger partial charge on any atom is 0.343 e. The topological polar surface area (TPSA) is 48.7 Å². The van der Waals surface area contributed by atoms with Crippen LogP contribution in [0, 0.1) is 3.77 Å². The van der Waals surface area contributed by atoms with Crippen molar-refractivity contribution in [1.29, 1.82) is 0 Å². The van der Waals surface area contributed by atoms with Crippen molar-refractivity contribution in [3.63, 3.8) is 0 Å². The van der Waals surface area contributed by atoms with Crippen molar-refractivity contribution in [2.24, 2.45) is 0 Å². The van der Waals surface area contributed by atoms with E-state index in [0.717, 1.165) is 15.1 Å². The van der Waals surface area contributed by atoms with E-state index in [1.54, 1.807) is 12.2 Å². The summed E-state index contributed by atoms with van der Waals surface area (Å²) >= 11 is 2.08. The van der Waals surface area contributed by atoms with E-state index in [-0.39, 0.29) is 5.97 Å². The predicted molar refractivity (Wildman–Crippen MR) is 91.1 cm³/mol. The molecule has 2 heterocycles. The lowest BCUT2D eigenvalue weighted by Gasteiger charge is -2.05. The summed E-state index contributed by atoms with van der Waals surface area (Å²) in [6, 6.07) is 11.1. The number of carbonyl (C=O) groups excluding carboxylic acids is 1. The van der Waals surface area contributed by atoms with Crippen LogP contribution in [0.2, 0.25) is 0 Å². The van der Waals surface area contributed by atoms with Gasteiger partial charge < -0.3 is 13.9 Å². The average Bonchev–Trinajstić information content (AvgIpc) is 3.07. The number of rotatable bonds is 4. The summed E-state index contributed by atoms with van der Waals surface area (Å²) < 4.78 is 16.9. The molecule has 0 unspecified atom stereocenters. The molecule has 0 aliphatic carbocycles. The standard InChI is InChI=1S/C17H13IO4/c1-2-20-13-5-3-11(4-6-13)15-10-12(17(19)22-15)9-14-7-8-16(18)21-14/h3-10H,2H2,1H3/b12-9-. The molecule has 3 rings (SSSR count). The van der Waals surface area contributed by atoms with E-state index in [1.807, 2.05) is 43.3 Å². The molecule has 0 N–H and O–H groups in total. The Morgan fingerprint density at radius 2 is 1.95 bits per heavy atom. The quantitative estimate of drug-likeness (QED) is 0.431. The lowest BCUT2D eigenvalue weighted by atomic mass is 10.1. The fraction of sp³-hybridized carbons (Fsp3) is 0.118. The van der Waals surface area contributed by atoms with Gasteiger partial charge in [0.15, 0.2) is 3.77 Å². The van der Waals surface area contributed by atoms with Crippen LogP contribution in [-0.4, -0.2) is 12.6 Å². The molecule has 1 aliphatic heterocycles. The molecule has 0 amide bonds. The average molecular weight is 408 g/mol. The van der Waals surface area contributed by atoms with Crippen molar-refractivity contribution < 1.29 is 18.7 Å². The van der Waals surface area contributed by atoms with Gasteiger partial charge in [0.05, 0.1) is 12.2 Å². The van der Waals surface area contributed by atoms with Gasteiger partial charge >= 0.3 is 5.97 Å². The molecule has 1 aromatic heterocycles. The number of benzene rings is 1. The Morgan fingerprint density at radius 1 is 1.18 bits per heavy atom. The zero-order chi connectivity index (χ0) is 15.5. The highest BCUT2D eigenvalue weighted by molar-refractivity contribution is 14.1. The molecule has 5 heteroatoms. The van der Waals surface area contributed by atoms with Gasteiger partial charge in [0.1, 0.15) is 17.3 Å². The number of esters is 1. The SMILES string of the molecule is CCOc1ccc(C2=C/C(=C/c3ccc(I)o3)C(=O)O2)cc1. The highest BCUT2D eigenvalue weighted by Gasteiger charge is 2.22. The van der Waals surface area contributed by atoms with Crippen molar-refractivity contribution in [3.05, 3.63) is 63.1 Å². The minimum absolute atomic E-state index is 0.379. The van der Waals surface area contributed by atoms with Gasteiger partial charge in [0.25, 0.3) is 0 Å². The Bertz CT molecular complexity index is 753. The summed E-state index contributed by atoms with van der Waals surface area (Å²) in [5.74, 6) is 1.56. The van der Waals surface area contributed by atoms with Crippen LogP contribution in [0.4, 0.5) is 0 Å². The maximum absolute atomic E-state index is 11.9. The lowest BCUT2D eigenvalue weighted by Crippen LogP contribution is -1.97. The molecule has 1 aliphatic rings. The fourth-order valence-electron chi connectivity index (χ4n) is 2.07. The summed E-state index contributed by atoms with van der Waals surface area (Å²) in [5, 5.41) is 0. The van der Waals surface area contributed by atoms with Crippen molar-refractivity contribution >= 4 is 40.4 Å². The molecule has 0 saturated heterocycles. The number of hydrogen-bond acceptors (Lipinski definition) is 4. The number of furan rings is 1. The second-order valence-electron chi connectivity index (χ2n) is 4.60. The fourth-order valence-corrected chi connectivity index (χ4v) is 2.51. The lowest BCUT2D eigenvalue weighted by molar-refractivity contribution is -0.130. The minimum Gasteiger partial charge on any atom is -0.494 e. The van der Waals surface area contributed by atoms with Crippen LogP contribution < -0.4 is 4.74 Å². The third-order valence-corrected chi connectivity index (χ3v) is 3.65. The van der Waals surface area contributed by atoms with Gasteiger partial charge in [-0.25, -0.2) is 4.79 Å². The highest BCUT2D eigenvalue weighted by atomic mass is 127. The largest absolute Gasteiger partial charge is 0.494 e. The van der Waals surface area contributed by atoms with Gasteiger partial charge in [-0.1, -0.05) is 0 Å². The molecule has 0 saturated carbocycles. The Kier molecular flexibility index (Phi) is 4.33. The molecule has 0 spiro atoms. The number of carbonyl (C=O) groups is 1. The Labute approximate surface area is 141 Å². The zero-order valence-corrected chi connectivity index (χ0v) is 14.0. The first kappa shape index (κ1) is 14.9. The Hall–Kier alpha value is -2.02. The van der Waals surface area contributed by atoms with E-state index >= 15 is 0 Å². The van der Waals surface area contributed by atoms with Crippen LogP contribution in [-0.2, 0) is 9.53 Å². The third kappa shape index (κ3) is 3.24. The highest BCUT2D eigenvalue weighted by Crippen LogP contribution is 2.28. The van der Waals surface area contributed by atoms with E-state index in [4.69, 9.17) is 13.9 Å². The van der Waals surface area contributed by atoms with E-state index in [2.05, 4.69) is 22.6 Å². The van der Waals surface area contributed by atoms with Gasteiger partial charge in [-0.05, 0) is 78.1 Å². The van der Waals surface area contributed by atoms with Gasteiger partial charge in [-0.2, -0.15) is 0 Å². The van der Waals surface area contributed by atoms with Crippen molar-refractivity contribution in [3.8, 4) is 5.75 Å². The van der Waals surface area contributed by atoms with Gasteiger partial charge in [0.2, 0.25) is 0 Å². The first-order valence-electron chi connectivity index (χ1n) is 6.80. The summed E-state index contributed by atoms with van der Waals surface area (Å²) in [4.78, 5) is 11.9. The van der Waals surface area contributed by atoms with E-state index in [9.17, 15) is 4.79 Å². The number of cyclic esters (lactones) is 1. The molecule has 112 valence electrons. The third-order valence-electron chi connectivity index (χ3n) is 3.07. The molecule has 0 atom stereocenters. The second-order valence-corrected chi connectivity index (χ2v) is 5.66. The summed E-state index contributed by atoms with van der Waals surface area (Å²) in [7, 11) is 0. The van der Waals surface area contributed by atoms with Crippen LogP contribution in [0.5, 0.6) is 5.75 Å². The molecule has 0 fully saturated rings. The van der Waals surface area contributed by atoms with Gasteiger partial charge in [-0.3, -0.25) is 0 Å². The van der Waals surface area contributed by atoms with Crippen molar-refractivity contribution in [2.75, 3.05) is 6.61 Å². The van der Waals surface area contributed by atoms with Crippen LogP contribution >= 0.6 is 22.6 Å². The molecule has 0 radical (unpaired) electrons. The minimum atomic E-state index is -0.379. The second kappa shape index (κ2) is 6.39. The van der Waals surface area contributed by atoms with E-state index in [1.165, 1.54) is 0 Å². The first-order valence-corrected chi connectivity index (χ1v) is 7.88. The van der Waals surface area contributed by atoms with Gasteiger partial charge in [0, 0.05) is 5.56 Å². The number of ether oxygens (including phenoxy) is 2. The van der Waals surface area contributed by atoms with Crippen LogP contribution in [0.25, 0.3) is 11.8 Å². The molecule has 22 heavy (non-hydrogen) atoms. The molecule has 4 nitrogen and oxygen atoms in total. The summed E-state index contributed by atoms with van der Waals surface area (Å²) in [6.07, 6.45) is 3.39. The van der Waals surface area contributed by atoms with Crippen molar-refractivity contribution in [2.45, 2.75) is 6.92 Å². The molecular weight excluding hydrogens is 395 g/mol. The monoisotopic (exact) mass is 408 g/mol. The molecule has 1 aromatic carbocycles. The van der Waals surface area contributed by atoms with Crippen LogP contribution in [0.1, 0.15) is 18.2 Å².